The SMILES string of the molecule is C=CCN(CC=C)C(=O)c1cc(C(=O)N(CC=C)CC=C)cc(C(=O)N(CC=C)CC=C)c1.C=CCN(CC=C)C(=O)c1cccc(Oc2cccc(C(=O)N(CC=C)CC=C)c2)c1.C=CCN(CC=C)C(C)=O. The molecule has 0 radical (unpaired) electrons. The Morgan fingerprint density at radius 2 is 0.527 bits per heavy atom. The van der Waals surface area contributed by atoms with E-state index in [9.17, 15) is 28.8 Å². The normalized spacial score (nSPS) is 9.69. The van der Waals surface area contributed by atoms with E-state index in [2.05, 4.69) is 78.9 Å². The van der Waals surface area contributed by atoms with Gasteiger partial charge in [-0.3, -0.25) is 28.8 Å². The van der Waals surface area contributed by atoms with E-state index in [1.165, 1.54) is 39.8 Å². The summed E-state index contributed by atoms with van der Waals surface area (Å²) in [5.41, 5.74) is 1.67. The molecule has 0 bridgehead atoms. The highest BCUT2D eigenvalue weighted by Gasteiger charge is 2.24. The molecular formula is C61H74N6O7. The first-order chi connectivity index (χ1) is 35.6. The molecule has 0 spiro atoms. The van der Waals surface area contributed by atoms with Crippen LogP contribution in [0, 0.1) is 0 Å². The number of nitrogens with zero attached hydrogens (tertiary/aromatic N) is 6. The third kappa shape index (κ3) is 21.3. The maximum atomic E-state index is 13.2. The van der Waals surface area contributed by atoms with Crippen molar-refractivity contribution in [3.05, 3.63) is 246 Å². The quantitative estimate of drug-likeness (QED) is 0.0587. The van der Waals surface area contributed by atoms with Crippen molar-refractivity contribution in [2.45, 2.75) is 6.92 Å². The Morgan fingerprint density at radius 1 is 0.324 bits per heavy atom. The van der Waals surface area contributed by atoms with E-state index in [0.29, 0.717) is 101 Å². The molecule has 0 aliphatic carbocycles. The second kappa shape index (κ2) is 36.1. The summed E-state index contributed by atoms with van der Waals surface area (Å²) < 4.78 is 5.94. The number of carbonyl (C=O) groups excluding carboxylic acids is 6. The van der Waals surface area contributed by atoms with Gasteiger partial charge in [-0.1, -0.05) is 85.0 Å². The first-order valence-electron chi connectivity index (χ1n) is 23.7. The monoisotopic (exact) mass is 1000 g/mol. The van der Waals surface area contributed by atoms with E-state index in [0.717, 1.165) is 0 Å². The van der Waals surface area contributed by atoms with Crippen molar-refractivity contribution in [1.29, 1.82) is 0 Å². The molecule has 0 atom stereocenters. The lowest BCUT2D eigenvalue weighted by Crippen LogP contribution is -2.35. The van der Waals surface area contributed by atoms with Crippen LogP contribution in [-0.4, -0.2) is 143 Å². The van der Waals surface area contributed by atoms with Crippen LogP contribution in [0.2, 0.25) is 0 Å². The van der Waals surface area contributed by atoms with E-state index in [1.807, 2.05) is 0 Å². The van der Waals surface area contributed by atoms with Gasteiger partial charge in [-0.2, -0.15) is 0 Å². The number of benzene rings is 3. The van der Waals surface area contributed by atoms with Crippen molar-refractivity contribution in [3.8, 4) is 11.5 Å². The molecular weight excluding hydrogens is 929 g/mol. The number of rotatable bonds is 31. The fourth-order valence-corrected chi connectivity index (χ4v) is 6.84. The highest BCUT2D eigenvalue weighted by Crippen LogP contribution is 2.25. The molecule has 74 heavy (non-hydrogen) atoms. The Morgan fingerprint density at radius 3 is 0.730 bits per heavy atom. The van der Waals surface area contributed by atoms with Gasteiger partial charge in [0.15, 0.2) is 0 Å². The van der Waals surface area contributed by atoms with E-state index >= 15 is 0 Å². The molecule has 13 heteroatoms. The third-order valence-corrected chi connectivity index (χ3v) is 10.1. The van der Waals surface area contributed by atoms with E-state index in [-0.39, 0.29) is 52.1 Å². The summed E-state index contributed by atoms with van der Waals surface area (Å²) in [7, 11) is 0. The summed E-state index contributed by atoms with van der Waals surface area (Å²) in [6.45, 7) is 50.2. The van der Waals surface area contributed by atoms with Gasteiger partial charge in [0.05, 0.1) is 0 Å². The topological polar surface area (TPSA) is 131 Å². The smallest absolute Gasteiger partial charge is 0.254 e. The first-order valence-corrected chi connectivity index (χ1v) is 23.7. The molecule has 390 valence electrons. The van der Waals surface area contributed by atoms with Crippen LogP contribution in [0.3, 0.4) is 0 Å². The first kappa shape index (κ1) is 63.2. The van der Waals surface area contributed by atoms with Gasteiger partial charge >= 0.3 is 0 Å². The molecule has 0 saturated carbocycles. The van der Waals surface area contributed by atoms with Crippen LogP contribution < -0.4 is 4.74 Å². The Bertz CT molecular complexity index is 2240. The number of amides is 6. The van der Waals surface area contributed by atoms with Crippen molar-refractivity contribution in [2.24, 2.45) is 0 Å². The summed E-state index contributed by atoms with van der Waals surface area (Å²) in [4.78, 5) is 85.5. The van der Waals surface area contributed by atoms with Crippen LogP contribution in [-0.2, 0) is 4.79 Å². The fraction of sp³-hybridized carbons (Fsp3) is 0.213. The van der Waals surface area contributed by atoms with Gasteiger partial charge in [-0.15, -0.1) is 78.9 Å². The molecule has 0 unspecified atom stereocenters. The van der Waals surface area contributed by atoms with Crippen LogP contribution in [0.4, 0.5) is 0 Å². The molecule has 0 saturated heterocycles. The summed E-state index contributed by atoms with van der Waals surface area (Å²) in [5.74, 6) is -0.232. The molecule has 3 aromatic rings. The predicted octanol–water partition coefficient (Wildman–Crippen LogP) is 10.4. The molecule has 0 aliphatic rings. The highest BCUT2D eigenvalue weighted by atomic mass is 16.5. The van der Waals surface area contributed by atoms with Gasteiger partial charge in [-0.05, 0) is 54.6 Å². The fourth-order valence-electron chi connectivity index (χ4n) is 6.84. The molecule has 13 nitrogen and oxygen atoms in total. The summed E-state index contributed by atoms with van der Waals surface area (Å²) in [5, 5.41) is 0. The molecule has 0 aromatic heterocycles. The maximum Gasteiger partial charge on any atom is 0.254 e. The van der Waals surface area contributed by atoms with Crippen LogP contribution in [0.1, 0.15) is 58.7 Å². The lowest BCUT2D eigenvalue weighted by molar-refractivity contribution is -0.127. The Labute approximate surface area is 440 Å². The van der Waals surface area contributed by atoms with E-state index in [4.69, 9.17) is 4.74 Å². The van der Waals surface area contributed by atoms with E-state index < -0.39 is 0 Å². The van der Waals surface area contributed by atoms with Gasteiger partial charge in [0.1, 0.15) is 11.5 Å². The molecule has 0 N–H and O–H groups in total. The minimum absolute atomic E-state index is 0.0554. The Hall–Kier alpha value is -8.84. The second-order valence-electron chi connectivity index (χ2n) is 15.9. The van der Waals surface area contributed by atoms with Gasteiger partial charge in [0.2, 0.25) is 5.91 Å². The average molecular weight is 1000 g/mol. The minimum Gasteiger partial charge on any atom is -0.457 e. The van der Waals surface area contributed by atoms with Crippen LogP contribution >= 0.6 is 0 Å². The Kier molecular flexibility index (Phi) is 30.8. The summed E-state index contributed by atoms with van der Waals surface area (Å²) in [6, 6.07) is 18.4. The maximum absolute atomic E-state index is 13.2. The van der Waals surface area contributed by atoms with Gasteiger partial charge in [0, 0.05) is 113 Å². The standard InChI is InChI=1S/C27H33N3O3.C26H28N2O3.C8H13NO/c1-7-13-28(14-8-2)25(31)22-19-23(26(32)29(15-9-3)16-10-4)21-24(20-22)27(33)30(17-11-5)18-12-6;1-5-15-27(16-6-2)25(29)21-11-9-13-23(19-21)31-24-14-10-12-22(20-24)26(30)28(17-7-3)18-8-4;1-4-6-9(7-5-2)8(3)10/h7-12,19-21H,1-6,13-18H2;5-14,19-20H,1-4,15-18H2;4-5H,1-2,6-7H2,3H3. The molecule has 3 rings (SSSR count). The average Bonchev–Trinajstić information content (AvgIpc) is 3.39. The largest absolute Gasteiger partial charge is 0.457 e. The van der Waals surface area contributed by atoms with Crippen molar-refractivity contribution < 1.29 is 33.5 Å². The van der Waals surface area contributed by atoms with Crippen LogP contribution in [0.5, 0.6) is 11.5 Å². The zero-order valence-electron chi connectivity index (χ0n) is 43.3. The van der Waals surface area contributed by atoms with Crippen LogP contribution in [0.25, 0.3) is 0 Å². The predicted molar refractivity (Wildman–Crippen MR) is 304 cm³/mol. The van der Waals surface area contributed by atoms with Gasteiger partial charge in [0.25, 0.3) is 29.5 Å². The lowest BCUT2D eigenvalue weighted by atomic mass is 10.0. The zero-order chi connectivity index (χ0) is 55.4. The number of hydrogen-bond donors (Lipinski definition) is 0. The van der Waals surface area contributed by atoms with Gasteiger partial charge < -0.3 is 34.1 Å². The highest BCUT2D eigenvalue weighted by molar-refractivity contribution is 6.05. The minimum atomic E-state index is -0.337. The molecule has 0 fully saturated rings. The van der Waals surface area contributed by atoms with Crippen molar-refractivity contribution in [2.75, 3.05) is 78.5 Å². The van der Waals surface area contributed by atoms with Crippen molar-refractivity contribution in [3.63, 3.8) is 0 Å². The molecule has 0 heterocycles. The van der Waals surface area contributed by atoms with Crippen molar-refractivity contribution in [1.82, 2.24) is 29.4 Å². The van der Waals surface area contributed by atoms with Gasteiger partial charge in [-0.25, -0.2) is 0 Å². The van der Waals surface area contributed by atoms with Crippen LogP contribution in [0.15, 0.2) is 219 Å². The zero-order valence-corrected chi connectivity index (χ0v) is 43.3. The number of carbonyl (C=O) groups is 6. The number of hydrogen-bond acceptors (Lipinski definition) is 7. The lowest BCUT2D eigenvalue weighted by Gasteiger charge is -2.24. The second-order valence-corrected chi connectivity index (χ2v) is 15.9. The summed E-state index contributed by atoms with van der Waals surface area (Å²) >= 11 is 0. The molecule has 3 aromatic carbocycles. The number of ether oxygens (including phenoxy) is 1. The summed E-state index contributed by atoms with van der Waals surface area (Å²) in [6.07, 6.45) is 19.7. The van der Waals surface area contributed by atoms with E-state index in [1.54, 1.807) is 136 Å². The Balaban J connectivity index is 0.000000625. The molecule has 6 amide bonds. The van der Waals surface area contributed by atoms with Crippen molar-refractivity contribution >= 4 is 35.4 Å². The third-order valence-electron chi connectivity index (χ3n) is 10.1. The molecule has 0 aliphatic heterocycles.